The third-order valence-electron chi connectivity index (χ3n) is 6.45. The van der Waals surface area contributed by atoms with Crippen LogP contribution in [0.4, 0.5) is 0 Å². The van der Waals surface area contributed by atoms with Crippen LogP contribution in [0.15, 0.2) is 54.6 Å². The van der Waals surface area contributed by atoms with Crippen LogP contribution in [-0.4, -0.2) is 74.2 Å². The van der Waals surface area contributed by atoms with E-state index in [-0.39, 0.29) is 31.8 Å². The highest BCUT2D eigenvalue weighted by atomic mass is 16.6. The van der Waals surface area contributed by atoms with Crippen LogP contribution in [0.2, 0.25) is 0 Å². The lowest BCUT2D eigenvalue weighted by molar-refractivity contribution is -0.134. The Morgan fingerprint density at radius 1 is 0.897 bits per heavy atom. The molecule has 4 atom stereocenters. The van der Waals surface area contributed by atoms with Crippen molar-refractivity contribution in [1.29, 1.82) is 0 Å². The molecule has 0 saturated carbocycles. The third kappa shape index (κ3) is 8.90. The molecule has 3 N–H and O–H groups in total. The third-order valence-corrected chi connectivity index (χ3v) is 6.45. The summed E-state index contributed by atoms with van der Waals surface area (Å²) in [6, 6.07) is 13.7. The molecule has 1 saturated heterocycles. The van der Waals surface area contributed by atoms with Crippen LogP contribution in [0.3, 0.4) is 0 Å². The quantitative estimate of drug-likeness (QED) is 0.291. The fourth-order valence-corrected chi connectivity index (χ4v) is 4.00. The van der Waals surface area contributed by atoms with Gasteiger partial charge in [0.05, 0.1) is 19.8 Å². The summed E-state index contributed by atoms with van der Waals surface area (Å²) in [4.78, 5) is 51.9. The number of carbonyl (C=O) groups is 4. The van der Waals surface area contributed by atoms with Gasteiger partial charge in [-0.3, -0.25) is 19.2 Å². The second kappa shape index (κ2) is 13.9. The Kier molecular flexibility index (Phi) is 10.6. The number of hydrogen-bond acceptors (Lipinski definition) is 7. The number of rotatable bonds is 15. The van der Waals surface area contributed by atoms with Crippen LogP contribution in [0.25, 0.3) is 0 Å². The minimum absolute atomic E-state index is 0.154. The molecule has 0 unspecified atom stereocenters. The normalized spacial score (nSPS) is 18.3. The molecule has 10 nitrogen and oxygen atoms in total. The second-order valence-corrected chi connectivity index (χ2v) is 9.67. The Balaban J connectivity index is 1.78. The molecule has 0 spiro atoms. The van der Waals surface area contributed by atoms with Gasteiger partial charge in [0.2, 0.25) is 17.7 Å². The van der Waals surface area contributed by atoms with Gasteiger partial charge in [-0.25, -0.2) is 0 Å². The van der Waals surface area contributed by atoms with Crippen molar-refractivity contribution in [2.75, 3.05) is 26.9 Å². The summed E-state index contributed by atoms with van der Waals surface area (Å²) in [5.41, 5.74) is 0.704. The first kappa shape index (κ1) is 29.8. The zero-order chi connectivity index (χ0) is 28.4. The van der Waals surface area contributed by atoms with E-state index in [4.69, 9.17) is 14.2 Å². The summed E-state index contributed by atoms with van der Waals surface area (Å²) in [6.45, 7) is 5.46. The molecule has 1 heterocycles. The van der Waals surface area contributed by atoms with Crippen LogP contribution in [-0.2, 0) is 41.5 Å². The minimum Gasteiger partial charge on any atom is -0.497 e. The van der Waals surface area contributed by atoms with E-state index in [0.29, 0.717) is 12.4 Å². The van der Waals surface area contributed by atoms with Crippen LogP contribution in [0.1, 0.15) is 31.9 Å². The smallest absolute Gasteiger partial charge is 0.246 e. The summed E-state index contributed by atoms with van der Waals surface area (Å²) in [7, 11) is 1.56. The molecule has 1 aliphatic heterocycles. The Morgan fingerprint density at radius 3 is 2.08 bits per heavy atom. The molecule has 2 aromatic carbocycles. The first-order chi connectivity index (χ1) is 18.6. The van der Waals surface area contributed by atoms with Crippen LogP contribution in [0.5, 0.6) is 5.75 Å². The summed E-state index contributed by atoms with van der Waals surface area (Å²) in [6.07, 6.45) is 0.429. The summed E-state index contributed by atoms with van der Waals surface area (Å²) >= 11 is 0. The molecule has 0 radical (unpaired) electrons. The van der Waals surface area contributed by atoms with E-state index in [1.165, 1.54) is 6.92 Å². The van der Waals surface area contributed by atoms with E-state index in [0.717, 1.165) is 11.1 Å². The Labute approximate surface area is 228 Å². The maximum Gasteiger partial charge on any atom is 0.246 e. The number of Topliss-reactive ketones (excluding diaryl/α,β-unsaturated/α-hetero) is 1. The molecule has 210 valence electrons. The van der Waals surface area contributed by atoms with Crippen LogP contribution >= 0.6 is 0 Å². The van der Waals surface area contributed by atoms with Gasteiger partial charge in [-0.15, -0.1) is 0 Å². The SMILES string of the molecule is CCOCC(=O)N[C@@H](C)C(=O)N[C@@H](Cc1ccc(OC)cc1)C(=O)N[C@@H](Cc1ccccc1)C(=O)[C@@]1(C)CO1. The fraction of sp³-hybridized carbons (Fsp3) is 0.448. The number of benzene rings is 2. The van der Waals surface area contributed by atoms with Crippen molar-refractivity contribution < 1.29 is 33.4 Å². The van der Waals surface area contributed by atoms with E-state index >= 15 is 0 Å². The average Bonchev–Trinajstić information content (AvgIpc) is 3.69. The zero-order valence-corrected chi connectivity index (χ0v) is 22.8. The van der Waals surface area contributed by atoms with E-state index in [2.05, 4.69) is 16.0 Å². The number of hydrogen-bond donors (Lipinski definition) is 3. The molecular formula is C29H37N3O7. The van der Waals surface area contributed by atoms with Gasteiger partial charge in [0.1, 0.15) is 30.0 Å². The number of ether oxygens (including phenoxy) is 3. The van der Waals surface area contributed by atoms with Crippen molar-refractivity contribution in [1.82, 2.24) is 16.0 Å². The first-order valence-electron chi connectivity index (χ1n) is 13.0. The standard InChI is InChI=1S/C29H37N3O7/c1-5-38-17-25(33)30-19(2)27(35)32-24(16-21-11-13-22(37-4)14-12-21)28(36)31-23(26(34)29(3)18-39-29)15-20-9-7-6-8-10-20/h6-14,19,23-24H,5,15-18H2,1-4H3,(H,30,33)(H,31,36)(H,32,35)/t19-,23-,24-,29+/m0/s1. The maximum absolute atomic E-state index is 13.6. The number of methoxy groups -OCH3 is 1. The largest absolute Gasteiger partial charge is 0.497 e. The molecule has 3 rings (SSSR count). The van der Waals surface area contributed by atoms with Gasteiger partial charge in [0, 0.05) is 13.0 Å². The second-order valence-electron chi connectivity index (χ2n) is 9.67. The predicted molar refractivity (Wildman–Crippen MR) is 144 cm³/mol. The molecule has 0 aromatic heterocycles. The summed E-state index contributed by atoms with van der Waals surface area (Å²) in [5, 5.41) is 8.15. The van der Waals surface area contributed by atoms with Crippen molar-refractivity contribution >= 4 is 23.5 Å². The lowest BCUT2D eigenvalue weighted by Crippen LogP contribution is -2.57. The highest BCUT2D eigenvalue weighted by Crippen LogP contribution is 2.29. The lowest BCUT2D eigenvalue weighted by Gasteiger charge is -2.25. The van der Waals surface area contributed by atoms with Crippen molar-refractivity contribution in [3.63, 3.8) is 0 Å². The monoisotopic (exact) mass is 539 g/mol. The van der Waals surface area contributed by atoms with Crippen LogP contribution < -0.4 is 20.7 Å². The molecule has 2 aromatic rings. The molecule has 10 heteroatoms. The van der Waals surface area contributed by atoms with Gasteiger partial charge in [0.25, 0.3) is 0 Å². The maximum atomic E-state index is 13.6. The molecule has 3 amide bonds. The van der Waals surface area contributed by atoms with E-state index < -0.39 is 41.4 Å². The van der Waals surface area contributed by atoms with Gasteiger partial charge in [0.15, 0.2) is 5.78 Å². The topological polar surface area (TPSA) is 135 Å². The van der Waals surface area contributed by atoms with Gasteiger partial charge in [-0.1, -0.05) is 42.5 Å². The van der Waals surface area contributed by atoms with E-state index in [1.807, 2.05) is 30.3 Å². The first-order valence-corrected chi connectivity index (χ1v) is 13.0. The Bertz CT molecular complexity index is 1130. The molecule has 1 aliphatic rings. The van der Waals surface area contributed by atoms with Gasteiger partial charge in [-0.2, -0.15) is 0 Å². The zero-order valence-electron chi connectivity index (χ0n) is 22.8. The molecule has 39 heavy (non-hydrogen) atoms. The molecule has 1 fully saturated rings. The van der Waals surface area contributed by atoms with Gasteiger partial charge < -0.3 is 30.2 Å². The van der Waals surface area contributed by atoms with Crippen molar-refractivity contribution in [2.24, 2.45) is 0 Å². The van der Waals surface area contributed by atoms with Crippen molar-refractivity contribution in [2.45, 2.75) is 57.3 Å². The average molecular weight is 540 g/mol. The van der Waals surface area contributed by atoms with Crippen molar-refractivity contribution in [3.05, 3.63) is 65.7 Å². The Hall–Kier alpha value is -3.76. The predicted octanol–water partition coefficient (Wildman–Crippen LogP) is 1.35. The van der Waals surface area contributed by atoms with Gasteiger partial charge >= 0.3 is 0 Å². The fourth-order valence-electron chi connectivity index (χ4n) is 4.00. The van der Waals surface area contributed by atoms with Crippen molar-refractivity contribution in [3.8, 4) is 5.75 Å². The highest BCUT2D eigenvalue weighted by Gasteiger charge is 2.50. The van der Waals surface area contributed by atoms with E-state index in [9.17, 15) is 19.2 Å². The summed E-state index contributed by atoms with van der Waals surface area (Å²) < 4.78 is 15.7. The van der Waals surface area contributed by atoms with E-state index in [1.54, 1.807) is 45.2 Å². The lowest BCUT2D eigenvalue weighted by atomic mass is 9.94. The Morgan fingerprint density at radius 2 is 1.49 bits per heavy atom. The highest BCUT2D eigenvalue weighted by molar-refractivity contribution is 5.98. The molecule has 0 aliphatic carbocycles. The number of ketones is 1. The number of epoxide rings is 1. The number of amides is 3. The molecular weight excluding hydrogens is 502 g/mol. The number of carbonyl (C=O) groups excluding carboxylic acids is 4. The minimum atomic E-state index is -1.02. The van der Waals surface area contributed by atoms with Gasteiger partial charge in [-0.05, 0) is 50.5 Å². The number of nitrogens with one attached hydrogen (secondary N) is 3. The van der Waals surface area contributed by atoms with Crippen LogP contribution in [0, 0.1) is 0 Å². The molecule has 0 bridgehead atoms. The summed E-state index contributed by atoms with van der Waals surface area (Å²) in [5.74, 6) is -1.09.